The highest BCUT2D eigenvalue weighted by Crippen LogP contribution is 2.20. The zero-order valence-electron chi connectivity index (χ0n) is 11.4. The quantitative estimate of drug-likeness (QED) is 0.911. The van der Waals surface area contributed by atoms with E-state index in [4.69, 9.17) is 4.42 Å². The molecule has 0 aliphatic rings. The fourth-order valence-electron chi connectivity index (χ4n) is 1.64. The maximum Gasteiger partial charge on any atom is 0.241 e. The number of nitrogens with zero attached hydrogens (tertiary/aromatic N) is 1. The second-order valence-corrected chi connectivity index (χ2v) is 7.11. The van der Waals surface area contributed by atoms with Crippen molar-refractivity contribution < 1.29 is 12.8 Å². The van der Waals surface area contributed by atoms with Crippen molar-refractivity contribution in [3.05, 3.63) is 45.6 Å². The monoisotopic (exact) mass is 358 g/mol. The molecule has 0 saturated heterocycles. The Bertz CT molecular complexity index is 719. The standard InChI is InChI=1S/C13H15BrN2O3S/c1-8-6-11(4-5-12(8)14)20(17,18)15-7-13-16-9(2)10(3)19-13/h4-6,15H,7H2,1-3H3. The largest absolute Gasteiger partial charge is 0.444 e. The van der Waals surface area contributed by atoms with E-state index >= 15 is 0 Å². The SMILES string of the molecule is Cc1cc(S(=O)(=O)NCc2nc(C)c(C)o2)ccc1Br. The highest BCUT2D eigenvalue weighted by atomic mass is 79.9. The molecule has 0 aliphatic heterocycles. The van der Waals surface area contributed by atoms with Crippen molar-refractivity contribution in [2.45, 2.75) is 32.2 Å². The van der Waals surface area contributed by atoms with Crippen LogP contribution in [0.25, 0.3) is 0 Å². The van der Waals surface area contributed by atoms with Crippen molar-refractivity contribution in [3.63, 3.8) is 0 Å². The minimum atomic E-state index is -3.57. The summed E-state index contributed by atoms with van der Waals surface area (Å²) in [5.41, 5.74) is 1.62. The van der Waals surface area contributed by atoms with Gasteiger partial charge in [-0.3, -0.25) is 0 Å². The number of rotatable bonds is 4. The third kappa shape index (κ3) is 3.28. The number of oxazole rings is 1. The van der Waals surface area contributed by atoms with Gasteiger partial charge in [-0.25, -0.2) is 18.1 Å². The van der Waals surface area contributed by atoms with Gasteiger partial charge >= 0.3 is 0 Å². The van der Waals surface area contributed by atoms with Gasteiger partial charge in [-0.15, -0.1) is 0 Å². The molecule has 0 radical (unpaired) electrons. The van der Waals surface area contributed by atoms with Crippen molar-refractivity contribution in [2.24, 2.45) is 0 Å². The van der Waals surface area contributed by atoms with E-state index in [2.05, 4.69) is 25.6 Å². The summed E-state index contributed by atoms with van der Waals surface area (Å²) in [5.74, 6) is 1.05. The van der Waals surface area contributed by atoms with Gasteiger partial charge in [0.05, 0.1) is 17.1 Å². The van der Waals surface area contributed by atoms with E-state index in [1.807, 2.05) is 13.8 Å². The first-order chi connectivity index (χ1) is 9.29. The van der Waals surface area contributed by atoms with Crippen LogP contribution in [0.3, 0.4) is 0 Å². The lowest BCUT2D eigenvalue weighted by atomic mass is 10.2. The Morgan fingerprint density at radius 3 is 2.55 bits per heavy atom. The first-order valence-electron chi connectivity index (χ1n) is 5.98. The van der Waals surface area contributed by atoms with Gasteiger partial charge in [0.15, 0.2) is 0 Å². The molecule has 0 saturated carbocycles. The number of nitrogens with one attached hydrogen (secondary N) is 1. The zero-order chi connectivity index (χ0) is 14.9. The predicted octanol–water partition coefficient (Wildman–Crippen LogP) is 2.84. The summed E-state index contributed by atoms with van der Waals surface area (Å²) < 4.78 is 33.0. The van der Waals surface area contributed by atoms with Gasteiger partial charge in [0, 0.05) is 4.47 Å². The van der Waals surface area contributed by atoms with Crippen molar-refractivity contribution in [3.8, 4) is 0 Å². The topological polar surface area (TPSA) is 72.2 Å². The molecular weight excluding hydrogens is 344 g/mol. The van der Waals surface area contributed by atoms with Gasteiger partial charge in [-0.1, -0.05) is 15.9 Å². The lowest BCUT2D eigenvalue weighted by molar-refractivity contribution is 0.463. The molecule has 5 nitrogen and oxygen atoms in total. The van der Waals surface area contributed by atoms with Crippen LogP contribution in [0.15, 0.2) is 32.0 Å². The minimum Gasteiger partial charge on any atom is -0.444 e. The van der Waals surface area contributed by atoms with Crippen LogP contribution < -0.4 is 4.72 Å². The van der Waals surface area contributed by atoms with Gasteiger partial charge in [0.25, 0.3) is 0 Å². The summed E-state index contributed by atoms with van der Waals surface area (Å²) in [6, 6.07) is 4.87. The van der Waals surface area contributed by atoms with Gasteiger partial charge in [0.2, 0.25) is 15.9 Å². The van der Waals surface area contributed by atoms with Gasteiger partial charge < -0.3 is 4.42 Å². The van der Waals surface area contributed by atoms with Crippen molar-refractivity contribution in [1.29, 1.82) is 0 Å². The van der Waals surface area contributed by atoms with Crippen LogP contribution in [0.1, 0.15) is 22.9 Å². The summed E-state index contributed by atoms with van der Waals surface area (Å²) in [4.78, 5) is 4.36. The average molecular weight is 359 g/mol. The Morgan fingerprint density at radius 1 is 1.30 bits per heavy atom. The molecule has 0 amide bonds. The Hall–Kier alpha value is -1.18. The lowest BCUT2D eigenvalue weighted by Gasteiger charge is -2.06. The summed E-state index contributed by atoms with van der Waals surface area (Å²) >= 11 is 3.34. The molecule has 0 fully saturated rings. The van der Waals surface area contributed by atoms with Crippen LogP contribution in [-0.4, -0.2) is 13.4 Å². The highest BCUT2D eigenvalue weighted by molar-refractivity contribution is 9.10. The van der Waals surface area contributed by atoms with Crippen LogP contribution in [0, 0.1) is 20.8 Å². The van der Waals surface area contributed by atoms with Gasteiger partial charge in [-0.05, 0) is 44.5 Å². The smallest absolute Gasteiger partial charge is 0.241 e. The normalized spacial score (nSPS) is 11.8. The number of hydrogen-bond acceptors (Lipinski definition) is 4. The second kappa shape index (κ2) is 5.67. The number of halogens is 1. The number of aromatic nitrogens is 1. The van der Waals surface area contributed by atoms with Crippen LogP contribution >= 0.6 is 15.9 Å². The Morgan fingerprint density at radius 2 is 2.00 bits per heavy atom. The predicted molar refractivity (Wildman–Crippen MR) is 78.9 cm³/mol. The molecular formula is C13H15BrN2O3S. The van der Waals surface area contributed by atoms with Crippen LogP contribution in [-0.2, 0) is 16.6 Å². The molecule has 2 rings (SSSR count). The minimum absolute atomic E-state index is 0.0339. The second-order valence-electron chi connectivity index (χ2n) is 4.48. The molecule has 1 N–H and O–H groups in total. The molecule has 2 aromatic rings. The molecule has 1 aromatic heterocycles. The molecule has 0 bridgehead atoms. The summed E-state index contributed by atoms with van der Waals surface area (Å²) in [7, 11) is -3.57. The first-order valence-corrected chi connectivity index (χ1v) is 8.26. The fraction of sp³-hybridized carbons (Fsp3) is 0.308. The van der Waals surface area contributed by atoms with Crippen molar-refractivity contribution in [1.82, 2.24) is 9.71 Å². The van der Waals surface area contributed by atoms with E-state index in [0.717, 1.165) is 15.7 Å². The van der Waals surface area contributed by atoms with E-state index in [1.165, 1.54) is 0 Å². The third-order valence-corrected chi connectivity index (χ3v) is 5.21. The first kappa shape index (κ1) is 15.2. The van der Waals surface area contributed by atoms with Crippen LogP contribution in [0.5, 0.6) is 0 Å². The molecule has 0 aliphatic carbocycles. The maximum atomic E-state index is 12.2. The van der Waals surface area contributed by atoms with Gasteiger partial charge in [-0.2, -0.15) is 0 Å². The molecule has 7 heteroatoms. The maximum absolute atomic E-state index is 12.2. The molecule has 108 valence electrons. The van der Waals surface area contributed by atoms with E-state index in [0.29, 0.717) is 11.7 Å². The van der Waals surface area contributed by atoms with E-state index in [9.17, 15) is 8.42 Å². The van der Waals surface area contributed by atoms with E-state index in [-0.39, 0.29) is 11.4 Å². The number of aryl methyl sites for hydroxylation is 3. The summed E-state index contributed by atoms with van der Waals surface area (Å²) in [6.07, 6.45) is 0. The highest BCUT2D eigenvalue weighted by Gasteiger charge is 2.16. The van der Waals surface area contributed by atoms with Gasteiger partial charge in [0.1, 0.15) is 5.76 Å². The fourth-order valence-corrected chi connectivity index (χ4v) is 2.95. The van der Waals surface area contributed by atoms with E-state index in [1.54, 1.807) is 25.1 Å². The Balaban J connectivity index is 2.16. The van der Waals surface area contributed by atoms with Crippen LogP contribution in [0.2, 0.25) is 0 Å². The van der Waals surface area contributed by atoms with E-state index < -0.39 is 10.0 Å². The molecule has 20 heavy (non-hydrogen) atoms. The molecule has 1 heterocycles. The summed E-state index contributed by atoms with van der Waals surface area (Å²) in [6.45, 7) is 5.48. The summed E-state index contributed by atoms with van der Waals surface area (Å²) in [5, 5.41) is 0. The lowest BCUT2D eigenvalue weighted by Crippen LogP contribution is -2.23. The Kier molecular flexibility index (Phi) is 4.31. The third-order valence-electron chi connectivity index (χ3n) is 2.93. The molecule has 0 unspecified atom stereocenters. The Labute approximate surface area is 126 Å². The number of hydrogen-bond donors (Lipinski definition) is 1. The molecule has 0 atom stereocenters. The van der Waals surface area contributed by atoms with Crippen molar-refractivity contribution >= 4 is 26.0 Å². The van der Waals surface area contributed by atoms with Crippen molar-refractivity contribution in [2.75, 3.05) is 0 Å². The van der Waals surface area contributed by atoms with Crippen LogP contribution in [0.4, 0.5) is 0 Å². The number of benzene rings is 1. The zero-order valence-corrected chi connectivity index (χ0v) is 13.8. The molecule has 0 spiro atoms. The molecule has 1 aromatic carbocycles. The average Bonchev–Trinajstić information content (AvgIpc) is 2.70. The number of sulfonamides is 1.